The Morgan fingerprint density at radius 2 is 2.12 bits per heavy atom. The van der Waals surface area contributed by atoms with Gasteiger partial charge in [-0.15, -0.1) is 0 Å². The molecule has 5 nitrogen and oxygen atoms in total. The molecule has 90 valence electrons. The molecule has 1 rings (SSSR count). The zero-order valence-corrected chi connectivity index (χ0v) is 10.1. The Balaban J connectivity index is 3.05. The highest BCUT2D eigenvalue weighted by molar-refractivity contribution is 5.09. The average Bonchev–Trinajstić information content (AvgIpc) is 2.37. The van der Waals surface area contributed by atoms with Crippen LogP contribution in [0.4, 0.5) is 0 Å². The van der Waals surface area contributed by atoms with Crippen molar-refractivity contribution in [2.75, 3.05) is 7.11 Å². The van der Waals surface area contributed by atoms with Gasteiger partial charge in [-0.3, -0.25) is 15.8 Å². The van der Waals surface area contributed by atoms with Crippen molar-refractivity contribution in [3.05, 3.63) is 24.3 Å². The largest absolute Gasteiger partial charge is 0.376 e. The van der Waals surface area contributed by atoms with Gasteiger partial charge < -0.3 is 4.74 Å². The van der Waals surface area contributed by atoms with Crippen LogP contribution in [0.25, 0.3) is 0 Å². The maximum Gasteiger partial charge on any atom is 0.0936 e. The van der Waals surface area contributed by atoms with Gasteiger partial charge in [0.2, 0.25) is 0 Å². The Bertz CT molecular complexity index is 292. The van der Waals surface area contributed by atoms with E-state index in [2.05, 4.69) is 29.2 Å². The van der Waals surface area contributed by atoms with Crippen LogP contribution in [0.1, 0.15) is 38.4 Å². The van der Waals surface area contributed by atoms with E-state index in [9.17, 15) is 0 Å². The zero-order chi connectivity index (χ0) is 12.0. The summed E-state index contributed by atoms with van der Waals surface area (Å²) in [6, 6.07) is -0.152. The number of hydrogen-bond acceptors (Lipinski definition) is 5. The number of hydrogen-bond donors (Lipinski definition) is 2. The Morgan fingerprint density at radius 3 is 2.50 bits per heavy atom. The average molecular weight is 224 g/mol. The van der Waals surface area contributed by atoms with Crippen LogP contribution < -0.4 is 11.3 Å². The van der Waals surface area contributed by atoms with E-state index < -0.39 is 0 Å². The van der Waals surface area contributed by atoms with Crippen molar-refractivity contribution >= 4 is 0 Å². The summed E-state index contributed by atoms with van der Waals surface area (Å²) in [5, 5.41) is 0. The van der Waals surface area contributed by atoms with Gasteiger partial charge in [-0.05, 0) is 12.8 Å². The van der Waals surface area contributed by atoms with Gasteiger partial charge in [0.05, 0.1) is 23.5 Å². The highest BCUT2D eigenvalue weighted by Crippen LogP contribution is 2.32. The normalized spacial score (nSPS) is 13.8. The maximum absolute atomic E-state index is 5.63. The second-order valence-electron chi connectivity index (χ2n) is 3.71. The van der Waals surface area contributed by atoms with Crippen molar-refractivity contribution in [1.29, 1.82) is 0 Å². The molecule has 0 fully saturated rings. The van der Waals surface area contributed by atoms with Crippen molar-refractivity contribution in [1.82, 2.24) is 15.4 Å². The molecule has 0 aliphatic heterocycles. The molecule has 1 heterocycles. The smallest absolute Gasteiger partial charge is 0.0936 e. The van der Waals surface area contributed by atoms with E-state index in [0.29, 0.717) is 0 Å². The quantitative estimate of drug-likeness (QED) is 0.561. The van der Waals surface area contributed by atoms with Crippen LogP contribution in [0.15, 0.2) is 18.6 Å². The Labute approximate surface area is 96.4 Å². The van der Waals surface area contributed by atoms with Gasteiger partial charge in [-0.2, -0.15) is 0 Å². The predicted molar refractivity (Wildman–Crippen MR) is 62.4 cm³/mol. The van der Waals surface area contributed by atoms with Gasteiger partial charge in [0.25, 0.3) is 0 Å². The molecular weight excluding hydrogens is 204 g/mol. The minimum atomic E-state index is -0.342. The van der Waals surface area contributed by atoms with Crippen molar-refractivity contribution in [3.8, 4) is 0 Å². The van der Waals surface area contributed by atoms with Gasteiger partial charge >= 0.3 is 0 Å². The molecule has 1 unspecified atom stereocenters. The lowest BCUT2D eigenvalue weighted by atomic mass is 9.86. The van der Waals surface area contributed by atoms with Crippen LogP contribution >= 0.6 is 0 Å². The standard InChI is InChI=1S/C11H20N4O/c1-4-11(5-2,16-3)10(15-12)9-8-13-6-7-14-9/h6-8,10,15H,4-5,12H2,1-3H3. The molecule has 0 aromatic carbocycles. The van der Waals surface area contributed by atoms with Crippen LogP contribution in [-0.4, -0.2) is 22.7 Å². The van der Waals surface area contributed by atoms with Crippen LogP contribution in [-0.2, 0) is 4.74 Å². The van der Waals surface area contributed by atoms with E-state index in [1.54, 1.807) is 25.7 Å². The highest BCUT2D eigenvalue weighted by Gasteiger charge is 2.37. The number of aromatic nitrogens is 2. The number of nitrogens with one attached hydrogen (secondary N) is 1. The lowest BCUT2D eigenvalue weighted by Crippen LogP contribution is -2.47. The first kappa shape index (κ1) is 13.0. The lowest BCUT2D eigenvalue weighted by Gasteiger charge is -2.37. The first-order valence-electron chi connectivity index (χ1n) is 5.51. The second kappa shape index (κ2) is 5.89. The monoisotopic (exact) mass is 224 g/mol. The summed E-state index contributed by atoms with van der Waals surface area (Å²) in [5.74, 6) is 5.62. The molecule has 0 radical (unpaired) electrons. The molecule has 0 aliphatic carbocycles. The Kier molecular flexibility index (Phi) is 4.79. The third-order valence-corrected chi connectivity index (χ3v) is 3.18. The summed E-state index contributed by atoms with van der Waals surface area (Å²) in [4.78, 5) is 8.33. The molecule has 5 heteroatoms. The van der Waals surface area contributed by atoms with Crippen LogP contribution in [0, 0.1) is 0 Å². The summed E-state index contributed by atoms with van der Waals surface area (Å²) < 4.78 is 5.63. The summed E-state index contributed by atoms with van der Waals surface area (Å²) in [5.41, 5.74) is 3.24. The summed E-state index contributed by atoms with van der Waals surface area (Å²) in [6.07, 6.45) is 6.72. The van der Waals surface area contributed by atoms with Gasteiger partial charge in [0, 0.05) is 19.5 Å². The molecule has 0 bridgehead atoms. The number of ether oxygens (including phenoxy) is 1. The fourth-order valence-electron chi connectivity index (χ4n) is 2.03. The fraction of sp³-hybridized carbons (Fsp3) is 0.636. The van der Waals surface area contributed by atoms with Crippen molar-refractivity contribution < 1.29 is 4.74 Å². The van der Waals surface area contributed by atoms with E-state index >= 15 is 0 Å². The van der Waals surface area contributed by atoms with E-state index in [-0.39, 0.29) is 11.6 Å². The van der Waals surface area contributed by atoms with E-state index in [1.165, 1.54) is 0 Å². The van der Waals surface area contributed by atoms with E-state index in [1.807, 2.05) is 0 Å². The lowest BCUT2D eigenvalue weighted by molar-refractivity contribution is -0.0498. The van der Waals surface area contributed by atoms with Crippen LogP contribution in [0.5, 0.6) is 0 Å². The zero-order valence-electron chi connectivity index (χ0n) is 10.1. The number of nitrogens with zero attached hydrogens (tertiary/aromatic N) is 2. The molecule has 1 atom stereocenters. The van der Waals surface area contributed by atoms with Crippen molar-refractivity contribution in [2.24, 2.45) is 5.84 Å². The predicted octanol–water partition coefficient (Wildman–Crippen LogP) is 1.19. The number of nitrogens with two attached hydrogens (primary N) is 1. The van der Waals surface area contributed by atoms with Crippen molar-refractivity contribution in [3.63, 3.8) is 0 Å². The number of rotatable bonds is 6. The first-order chi connectivity index (χ1) is 7.74. The molecule has 3 N–H and O–H groups in total. The molecule has 0 aliphatic rings. The van der Waals surface area contributed by atoms with E-state index in [0.717, 1.165) is 18.5 Å². The molecule has 1 aromatic rings. The Hall–Kier alpha value is -1.04. The summed E-state index contributed by atoms with van der Waals surface area (Å²) in [7, 11) is 1.70. The SMILES string of the molecule is CCC(CC)(OC)C(NN)c1cnccn1. The van der Waals surface area contributed by atoms with Gasteiger partial charge in [-0.1, -0.05) is 13.8 Å². The number of methoxy groups -OCH3 is 1. The van der Waals surface area contributed by atoms with Crippen LogP contribution in [0.3, 0.4) is 0 Å². The first-order valence-corrected chi connectivity index (χ1v) is 5.51. The second-order valence-corrected chi connectivity index (χ2v) is 3.71. The van der Waals surface area contributed by atoms with Gasteiger partial charge in [-0.25, -0.2) is 5.43 Å². The molecule has 0 spiro atoms. The number of hydrazine groups is 1. The van der Waals surface area contributed by atoms with Crippen LogP contribution in [0.2, 0.25) is 0 Å². The minimum absolute atomic E-state index is 0.152. The fourth-order valence-corrected chi connectivity index (χ4v) is 2.03. The summed E-state index contributed by atoms with van der Waals surface area (Å²) in [6.45, 7) is 4.15. The molecule has 1 aromatic heterocycles. The molecule has 0 saturated carbocycles. The third kappa shape index (κ3) is 2.37. The minimum Gasteiger partial charge on any atom is -0.376 e. The van der Waals surface area contributed by atoms with Gasteiger partial charge in [0.1, 0.15) is 0 Å². The third-order valence-electron chi connectivity index (χ3n) is 3.18. The molecule has 0 saturated heterocycles. The van der Waals surface area contributed by atoms with Crippen molar-refractivity contribution in [2.45, 2.75) is 38.3 Å². The van der Waals surface area contributed by atoms with Gasteiger partial charge in [0.15, 0.2) is 0 Å². The molecule has 16 heavy (non-hydrogen) atoms. The highest BCUT2D eigenvalue weighted by atomic mass is 16.5. The molecule has 0 amide bonds. The molecular formula is C11H20N4O. The maximum atomic E-state index is 5.63. The summed E-state index contributed by atoms with van der Waals surface area (Å²) >= 11 is 0. The topological polar surface area (TPSA) is 73.1 Å². The Morgan fingerprint density at radius 1 is 1.44 bits per heavy atom. The van der Waals surface area contributed by atoms with E-state index in [4.69, 9.17) is 10.6 Å².